The molecule has 0 unspecified atom stereocenters. The van der Waals surface area contributed by atoms with Crippen molar-refractivity contribution in [2.75, 3.05) is 14.1 Å². The van der Waals surface area contributed by atoms with Crippen LogP contribution in [0, 0.1) is 0 Å². The maximum absolute atomic E-state index is 12.6. The van der Waals surface area contributed by atoms with Crippen molar-refractivity contribution >= 4 is 12.0 Å². The fraction of sp³-hybridized carbons (Fsp3) is 0.417. The SMILES string of the molecule is CCc1cc(O)c(C(F)(F)F)cc1N=CN(C)C. The van der Waals surface area contributed by atoms with Crippen LogP contribution >= 0.6 is 0 Å². The number of rotatable bonds is 3. The van der Waals surface area contributed by atoms with Crippen LogP contribution in [0.1, 0.15) is 18.1 Å². The van der Waals surface area contributed by atoms with Crippen LogP contribution in [-0.2, 0) is 12.6 Å². The summed E-state index contributed by atoms with van der Waals surface area (Å²) < 4.78 is 37.9. The van der Waals surface area contributed by atoms with Gasteiger partial charge in [-0.2, -0.15) is 13.2 Å². The summed E-state index contributed by atoms with van der Waals surface area (Å²) in [5.41, 5.74) is -0.277. The Morgan fingerprint density at radius 3 is 2.39 bits per heavy atom. The first-order chi connectivity index (χ1) is 8.25. The molecule has 0 bridgehead atoms. The van der Waals surface area contributed by atoms with Crippen LogP contribution in [0.25, 0.3) is 0 Å². The summed E-state index contributed by atoms with van der Waals surface area (Å²) in [6.07, 6.45) is -2.67. The normalized spacial score (nSPS) is 12.1. The highest BCUT2D eigenvalue weighted by Crippen LogP contribution is 2.39. The van der Waals surface area contributed by atoms with E-state index in [4.69, 9.17) is 0 Å². The second-order valence-corrected chi connectivity index (χ2v) is 4.06. The van der Waals surface area contributed by atoms with Crippen molar-refractivity contribution in [3.63, 3.8) is 0 Å². The number of aliphatic imine (C=N–C) groups is 1. The number of aromatic hydroxyl groups is 1. The minimum atomic E-state index is -4.58. The predicted molar refractivity (Wildman–Crippen MR) is 64.3 cm³/mol. The summed E-state index contributed by atoms with van der Waals surface area (Å²) in [6.45, 7) is 1.79. The Morgan fingerprint density at radius 2 is 1.94 bits per heavy atom. The van der Waals surface area contributed by atoms with Crippen LogP contribution in [0.15, 0.2) is 17.1 Å². The molecule has 0 saturated heterocycles. The third-order valence-corrected chi connectivity index (χ3v) is 2.31. The van der Waals surface area contributed by atoms with E-state index in [0.29, 0.717) is 12.0 Å². The van der Waals surface area contributed by atoms with E-state index in [1.807, 2.05) is 0 Å². The van der Waals surface area contributed by atoms with Gasteiger partial charge < -0.3 is 10.0 Å². The number of phenols is 1. The summed E-state index contributed by atoms with van der Waals surface area (Å²) in [5, 5.41) is 9.38. The van der Waals surface area contributed by atoms with Crippen molar-refractivity contribution in [3.8, 4) is 5.75 Å². The molecule has 0 aliphatic carbocycles. The van der Waals surface area contributed by atoms with E-state index in [1.54, 1.807) is 25.9 Å². The Balaban J connectivity index is 3.31. The molecule has 0 radical (unpaired) electrons. The van der Waals surface area contributed by atoms with Crippen LogP contribution < -0.4 is 0 Å². The third kappa shape index (κ3) is 3.38. The van der Waals surface area contributed by atoms with Gasteiger partial charge in [0.1, 0.15) is 5.75 Å². The third-order valence-electron chi connectivity index (χ3n) is 2.31. The van der Waals surface area contributed by atoms with E-state index in [1.165, 1.54) is 6.34 Å². The quantitative estimate of drug-likeness (QED) is 0.669. The standard InChI is InChI=1S/C12H15F3N2O/c1-4-8-5-11(18)9(12(13,14)15)6-10(8)16-7-17(2)3/h5-7,18H,4H2,1-3H3. The average Bonchev–Trinajstić information content (AvgIpc) is 2.24. The molecule has 0 aromatic heterocycles. The first-order valence-electron chi connectivity index (χ1n) is 5.39. The number of hydrogen-bond donors (Lipinski definition) is 1. The van der Waals surface area contributed by atoms with Gasteiger partial charge in [-0.3, -0.25) is 0 Å². The van der Waals surface area contributed by atoms with Crippen molar-refractivity contribution in [1.82, 2.24) is 4.90 Å². The number of hydrogen-bond acceptors (Lipinski definition) is 2. The highest BCUT2D eigenvalue weighted by atomic mass is 19.4. The summed E-state index contributed by atoms with van der Waals surface area (Å²) >= 11 is 0. The largest absolute Gasteiger partial charge is 0.507 e. The molecule has 1 aromatic carbocycles. The molecule has 0 heterocycles. The summed E-state index contributed by atoms with van der Waals surface area (Å²) in [7, 11) is 3.44. The van der Waals surface area contributed by atoms with Crippen LogP contribution in [0.5, 0.6) is 5.75 Å². The minimum Gasteiger partial charge on any atom is -0.507 e. The molecular weight excluding hydrogens is 245 g/mol. The van der Waals surface area contributed by atoms with Crippen molar-refractivity contribution in [1.29, 1.82) is 0 Å². The zero-order chi connectivity index (χ0) is 13.9. The molecule has 0 aliphatic heterocycles. The molecule has 0 spiro atoms. The Hall–Kier alpha value is -1.72. The Morgan fingerprint density at radius 1 is 1.33 bits per heavy atom. The van der Waals surface area contributed by atoms with Crippen molar-refractivity contribution in [3.05, 3.63) is 23.3 Å². The zero-order valence-electron chi connectivity index (χ0n) is 10.4. The van der Waals surface area contributed by atoms with Gasteiger partial charge in [-0.15, -0.1) is 0 Å². The average molecular weight is 260 g/mol. The molecule has 100 valence electrons. The number of halogens is 3. The molecular formula is C12H15F3N2O. The van der Waals surface area contributed by atoms with Gasteiger partial charge in [0.05, 0.1) is 17.6 Å². The van der Waals surface area contributed by atoms with Crippen LogP contribution in [0.3, 0.4) is 0 Å². The number of aryl methyl sites for hydroxylation is 1. The van der Waals surface area contributed by atoms with Crippen molar-refractivity contribution < 1.29 is 18.3 Å². The van der Waals surface area contributed by atoms with E-state index < -0.39 is 17.5 Å². The van der Waals surface area contributed by atoms with Gasteiger partial charge >= 0.3 is 6.18 Å². The van der Waals surface area contributed by atoms with E-state index in [9.17, 15) is 18.3 Å². The van der Waals surface area contributed by atoms with Gasteiger partial charge in [-0.1, -0.05) is 6.92 Å². The van der Waals surface area contributed by atoms with Crippen molar-refractivity contribution in [2.45, 2.75) is 19.5 Å². The number of alkyl halides is 3. The van der Waals surface area contributed by atoms with Crippen LogP contribution in [0.4, 0.5) is 18.9 Å². The lowest BCUT2D eigenvalue weighted by atomic mass is 10.1. The Bertz CT molecular complexity index is 453. The van der Waals surface area contributed by atoms with E-state index in [0.717, 1.165) is 12.1 Å². The monoisotopic (exact) mass is 260 g/mol. The lowest BCUT2D eigenvalue weighted by Gasteiger charge is -2.13. The number of phenolic OH excluding ortho intramolecular Hbond substituents is 1. The minimum absolute atomic E-state index is 0.219. The molecule has 0 atom stereocenters. The molecule has 0 amide bonds. The van der Waals surface area contributed by atoms with E-state index in [-0.39, 0.29) is 5.69 Å². The smallest absolute Gasteiger partial charge is 0.420 e. The molecule has 0 fully saturated rings. The van der Waals surface area contributed by atoms with Gasteiger partial charge in [-0.25, -0.2) is 4.99 Å². The zero-order valence-corrected chi connectivity index (χ0v) is 10.4. The molecule has 1 aromatic rings. The molecule has 6 heteroatoms. The molecule has 18 heavy (non-hydrogen) atoms. The molecule has 1 N–H and O–H groups in total. The van der Waals surface area contributed by atoms with Crippen LogP contribution in [-0.4, -0.2) is 30.4 Å². The number of nitrogens with zero attached hydrogens (tertiary/aromatic N) is 2. The Kier molecular flexibility index (Phi) is 4.21. The second-order valence-electron chi connectivity index (χ2n) is 4.06. The lowest BCUT2D eigenvalue weighted by Crippen LogP contribution is -2.08. The fourth-order valence-corrected chi connectivity index (χ4v) is 1.43. The summed E-state index contributed by atoms with van der Waals surface area (Å²) in [6, 6.07) is 1.99. The number of benzene rings is 1. The maximum atomic E-state index is 12.6. The van der Waals surface area contributed by atoms with Crippen molar-refractivity contribution in [2.24, 2.45) is 4.99 Å². The summed E-state index contributed by atoms with van der Waals surface area (Å²) in [4.78, 5) is 5.61. The maximum Gasteiger partial charge on any atom is 0.420 e. The highest BCUT2D eigenvalue weighted by Gasteiger charge is 2.34. The van der Waals surface area contributed by atoms with Crippen LogP contribution in [0.2, 0.25) is 0 Å². The molecule has 0 aliphatic rings. The topological polar surface area (TPSA) is 35.8 Å². The van der Waals surface area contributed by atoms with Gasteiger partial charge in [0.15, 0.2) is 0 Å². The lowest BCUT2D eigenvalue weighted by molar-refractivity contribution is -0.138. The predicted octanol–water partition coefficient (Wildman–Crippen LogP) is 3.19. The highest BCUT2D eigenvalue weighted by molar-refractivity contribution is 5.64. The van der Waals surface area contributed by atoms with Gasteiger partial charge in [-0.05, 0) is 24.1 Å². The molecule has 3 nitrogen and oxygen atoms in total. The van der Waals surface area contributed by atoms with Gasteiger partial charge in [0.25, 0.3) is 0 Å². The molecule has 0 saturated carbocycles. The van der Waals surface area contributed by atoms with E-state index in [2.05, 4.69) is 4.99 Å². The second kappa shape index (κ2) is 5.29. The van der Waals surface area contributed by atoms with E-state index >= 15 is 0 Å². The summed E-state index contributed by atoms with van der Waals surface area (Å²) in [5.74, 6) is -0.761. The van der Waals surface area contributed by atoms with Gasteiger partial charge in [0.2, 0.25) is 0 Å². The van der Waals surface area contributed by atoms with Gasteiger partial charge in [0, 0.05) is 14.1 Å². The molecule has 1 rings (SSSR count). The first-order valence-corrected chi connectivity index (χ1v) is 5.39. The first kappa shape index (κ1) is 14.3. The Labute approximate surface area is 104 Å². The fourth-order valence-electron chi connectivity index (χ4n) is 1.43.